The molecule has 0 bridgehead atoms. The Labute approximate surface area is 184 Å². The Balaban J connectivity index is 1.92. The fourth-order valence-electron chi connectivity index (χ4n) is 3.56. The summed E-state index contributed by atoms with van der Waals surface area (Å²) < 4.78 is 7.49. The van der Waals surface area contributed by atoms with E-state index < -0.39 is 12.0 Å². The average molecular weight is 431 g/mol. The van der Waals surface area contributed by atoms with Gasteiger partial charge in [0, 0.05) is 0 Å². The van der Waals surface area contributed by atoms with Crippen LogP contribution in [0.4, 0.5) is 0 Å². The molecule has 31 heavy (non-hydrogen) atoms. The molecule has 0 aliphatic carbocycles. The van der Waals surface area contributed by atoms with Gasteiger partial charge in [0.05, 0.1) is 21.8 Å². The van der Waals surface area contributed by atoms with Crippen molar-refractivity contribution in [1.82, 2.24) is 4.57 Å². The zero-order valence-electron chi connectivity index (χ0n) is 17.4. The van der Waals surface area contributed by atoms with Crippen molar-refractivity contribution in [2.45, 2.75) is 19.9 Å². The summed E-state index contributed by atoms with van der Waals surface area (Å²) in [5, 5.41) is 0. The van der Waals surface area contributed by atoms with E-state index in [0.29, 0.717) is 20.6 Å². The van der Waals surface area contributed by atoms with E-state index in [0.717, 1.165) is 16.7 Å². The molecule has 1 aliphatic heterocycles. The number of fused-ring (bicyclic) bond motifs is 1. The number of esters is 1. The molecule has 0 fully saturated rings. The predicted octanol–water partition coefficient (Wildman–Crippen LogP) is 3.27. The summed E-state index contributed by atoms with van der Waals surface area (Å²) in [6, 6.07) is 16.9. The van der Waals surface area contributed by atoms with Crippen molar-refractivity contribution in [2.75, 3.05) is 6.61 Å². The van der Waals surface area contributed by atoms with Crippen molar-refractivity contribution in [3.8, 4) is 0 Å². The number of thiazole rings is 1. The number of hydrogen-bond donors (Lipinski definition) is 0. The smallest absolute Gasteiger partial charge is 0.338 e. The molecule has 0 saturated carbocycles. The summed E-state index contributed by atoms with van der Waals surface area (Å²) in [6.07, 6.45) is 3.38. The number of carbonyl (C=O) groups is 1. The molecule has 1 aliphatic rings. The molecular weight excluding hydrogens is 408 g/mol. The van der Waals surface area contributed by atoms with Crippen LogP contribution >= 0.6 is 11.3 Å². The average Bonchev–Trinajstić information content (AvgIpc) is 3.07. The molecule has 0 saturated heterocycles. The molecule has 1 atom stereocenters. The standard InChI is InChI=1S/C25H22N2O3S/c1-4-14-30-24(29)21-17(3)26-25-27(22(21)19-8-6-5-7-9-19)23(28)20(31-25)15-18-12-10-16(2)11-13-18/h4-13,15,22H,1,14H2,2-3H3. The largest absolute Gasteiger partial charge is 0.458 e. The Morgan fingerprint density at radius 3 is 2.55 bits per heavy atom. The van der Waals surface area contributed by atoms with Gasteiger partial charge >= 0.3 is 5.97 Å². The lowest BCUT2D eigenvalue weighted by Crippen LogP contribution is -2.39. The van der Waals surface area contributed by atoms with Crippen LogP contribution in [0.1, 0.15) is 29.7 Å². The fourth-order valence-corrected chi connectivity index (χ4v) is 4.61. The second-order valence-electron chi connectivity index (χ2n) is 7.29. The van der Waals surface area contributed by atoms with Gasteiger partial charge in [0.25, 0.3) is 5.56 Å². The van der Waals surface area contributed by atoms with Gasteiger partial charge in [-0.05, 0) is 31.1 Å². The van der Waals surface area contributed by atoms with Crippen molar-refractivity contribution >= 4 is 23.4 Å². The summed E-state index contributed by atoms with van der Waals surface area (Å²) in [5.74, 6) is -0.497. The van der Waals surface area contributed by atoms with Gasteiger partial charge in [0.1, 0.15) is 6.61 Å². The molecule has 0 amide bonds. The van der Waals surface area contributed by atoms with Crippen LogP contribution in [0.15, 0.2) is 88.3 Å². The second kappa shape index (κ2) is 8.70. The minimum absolute atomic E-state index is 0.0922. The SMILES string of the molecule is C=CCOC(=O)C1=C(C)N=c2sc(=Cc3ccc(C)cc3)c(=O)n2C1c1ccccc1. The summed E-state index contributed by atoms with van der Waals surface area (Å²) in [7, 11) is 0. The Bertz CT molecular complexity index is 1350. The fraction of sp³-hybridized carbons (Fsp3) is 0.160. The van der Waals surface area contributed by atoms with Gasteiger partial charge in [-0.25, -0.2) is 9.79 Å². The molecule has 2 heterocycles. The molecule has 6 heteroatoms. The number of aryl methyl sites for hydroxylation is 1. The van der Waals surface area contributed by atoms with Crippen LogP contribution < -0.4 is 14.9 Å². The first-order chi connectivity index (χ1) is 15.0. The highest BCUT2D eigenvalue weighted by atomic mass is 32.1. The Kier molecular flexibility index (Phi) is 5.82. The van der Waals surface area contributed by atoms with Crippen molar-refractivity contribution in [3.05, 3.63) is 115 Å². The number of benzene rings is 2. The van der Waals surface area contributed by atoms with E-state index in [2.05, 4.69) is 11.6 Å². The van der Waals surface area contributed by atoms with Crippen molar-refractivity contribution in [2.24, 2.45) is 4.99 Å². The van der Waals surface area contributed by atoms with Gasteiger partial charge in [-0.15, -0.1) is 0 Å². The Morgan fingerprint density at radius 1 is 1.16 bits per heavy atom. The van der Waals surface area contributed by atoms with E-state index >= 15 is 0 Å². The summed E-state index contributed by atoms with van der Waals surface area (Å²) >= 11 is 1.32. The molecule has 0 N–H and O–H groups in total. The maximum Gasteiger partial charge on any atom is 0.338 e. The van der Waals surface area contributed by atoms with Gasteiger partial charge in [0.15, 0.2) is 4.80 Å². The first-order valence-corrected chi connectivity index (χ1v) is 10.7. The first kappa shape index (κ1) is 20.8. The molecule has 4 rings (SSSR count). The molecule has 0 radical (unpaired) electrons. The van der Waals surface area contributed by atoms with E-state index in [9.17, 15) is 9.59 Å². The zero-order chi connectivity index (χ0) is 22.0. The lowest BCUT2D eigenvalue weighted by molar-refractivity contribution is -0.138. The van der Waals surface area contributed by atoms with Gasteiger partial charge in [-0.1, -0.05) is 84.2 Å². The van der Waals surface area contributed by atoms with E-state index in [4.69, 9.17) is 4.74 Å². The van der Waals surface area contributed by atoms with Crippen LogP contribution in [-0.4, -0.2) is 17.1 Å². The molecule has 3 aromatic rings. The van der Waals surface area contributed by atoms with E-state index in [1.165, 1.54) is 17.4 Å². The highest BCUT2D eigenvalue weighted by Gasteiger charge is 2.33. The van der Waals surface area contributed by atoms with Gasteiger partial charge < -0.3 is 4.74 Å². The molecule has 156 valence electrons. The molecule has 1 aromatic heterocycles. The number of hydrogen-bond acceptors (Lipinski definition) is 5. The minimum atomic E-state index is -0.602. The first-order valence-electron chi connectivity index (χ1n) is 9.92. The van der Waals surface area contributed by atoms with Crippen LogP contribution in [0.25, 0.3) is 6.08 Å². The van der Waals surface area contributed by atoms with Crippen LogP contribution in [0.5, 0.6) is 0 Å². The molecular formula is C25H22N2O3S. The van der Waals surface area contributed by atoms with Gasteiger partial charge in [-0.2, -0.15) is 0 Å². The van der Waals surface area contributed by atoms with Crippen LogP contribution in [-0.2, 0) is 9.53 Å². The number of rotatable bonds is 5. The monoisotopic (exact) mass is 430 g/mol. The number of nitrogens with zero attached hydrogens (tertiary/aromatic N) is 2. The van der Waals surface area contributed by atoms with Gasteiger partial charge in [0.2, 0.25) is 0 Å². The van der Waals surface area contributed by atoms with Crippen LogP contribution in [0.3, 0.4) is 0 Å². The maximum atomic E-state index is 13.4. The molecule has 0 spiro atoms. The lowest BCUT2D eigenvalue weighted by atomic mass is 9.96. The summed E-state index contributed by atoms with van der Waals surface area (Å²) in [6.45, 7) is 7.49. The van der Waals surface area contributed by atoms with Crippen LogP contribution in [0, 0.1) is 6.92 Å². The Morgan fingerprint density at radius 2 is 1.87 bits per heavy atom. The number of ether oxygens (including phenoxy) is 1. The topological polar surface area (TPSA) is 60.7 Å². The van der Waals surface area contributed by atoms with Crippen molar-refractivity contribution in [1.29, 1.82) is 0 Å². The second-order valence-corrected chi connectivity index (χ2v) is 8.30. The van der Waals surface area contributed by atoms with E-state index in [1.807, 2.05) is 67.6 Å². The van der Waals surface area contributed by atoms with Gasteiger partial charge in [-0.3, -0.25) is 9.36 Å². The van der Waals surface area contributed by atoms with E-state index in [1.54, 1.807) is 11.5 Å². The number of carbonyl (C=O) groups excluding carboxylic acids is 1. The summed E-state index contributed by atoms with van der Waals surface area (Å²) in [4.78, 5) is 31.5. The van der Waals surface area contributed by atoms with Crippen molar-refractivity contribution in [3.63, 3.8) is 0 Å². The number of aromatic nitrogens is 1. The Hall–Kier alpha value is -3.51. The normalized spacial score (nSPS) is 15.9. The van der Waals surface area contributed by atoms with Crippen molar-refractivity contribution < 1.29 is 9.53 Å². The molecule has 2 aromatic carbocycles. The molecule has 5 nitrogen and oxygen atoms in total. The maximum absolute atomic E-state index is 13.4. The third kappa shape index (κ3) is 4.07. The molecule has 1 unspecified atom stereocenters. The van der Waals surface area contributed by atoms with E-state index in [-0.39, 0.29) is 12.2 Å². The lowest BCUT2D eigenvalue weighted by Gasteiger charge is -2.24. The number of allylic oxidation sites excluding steroid dienone is 1. The quantitative estimate of drug-likeness (QED) is 0.461. The highest BCUT2D eigenvalue weighted by Crippen LogP contribution is 2.30. The highest BCUT2D eigenvalue weighted by molar-refractivity contribution is 7.07. The predicted molar refractivity (Wildman–Crippen MR) is 123 cm³/mol. The summed E-state index contributed by atoms with van der Waals surface area (Å²) in [5.41, 5.74) is 3.65. The zero-order valence-corrected chi connectivity index (χ0v) is 18.2. The van der Waals surface area contributed by atoms with Crippen LogP contribution in [0.2, 0.25) is 0 Å². The third-order valence-electron chi connectivity index (χ3n) is 5.06. The minimum Gasteiger partial charge on any atom is -0.458 e. The third-order valence-corrected chi connectivity index (χ3v) is 6.05.